The van der Waals surface area contributed by atoms with Crippen LogP contribution in [0.15, 0.2) is 24.3 Å². The van der Waals surface area contributed by atoms with Crippen LogP contribution in [0.3, 0.4) is 0 Å². The van der Waals surface area contributed by atoms with Crippen molar-refractivity contribution in [1.29, 1.82) is 0 Å². The van der Waals surface area contributed by atoms with Gasteiger partial charge in [0.15, 0.2) is 0 Å². The summed E-state index contributed by atoms with van der Waals surface area (Å²) in [6, 6.07) is 7.59. The van der Waals surface area contributed by atoms with Gasteiger partial charge in [-0.1, -0.05) is 18.1 Å². The van der Waals surface area contributed by atoms with Gasteiger partial charge in [-0.3, -0.25) is 4.79 Å². The maximum absolute atomic E-state index is 11.6. The van der Waals surface area contributed by atoms with Crippen molar-refractivity contribution in [3.63, 3.8) is 0 Å². The highest BCUT2D eigenvalue weighted by molar-refractivity contribution is 5.96. The van der Waals surface area contributed by atoms with E-state index in [2.05, 4.69) is 21.5 Å². The maximum Gasteiger partial charge on any atom is 0.240 e. The quantitative estimate of drug-likeness (QED) is 0.820. The van der Waals surface area contributed by atoms with Crippen LogP contribution in [0.1, 0.15) is 5.69 Å². The smallest absolute Gasteiger partial charge is 0.240 e. The molecule has 0 unspecified atom stereocenters. The van der Waals surface area contributed by atoms with E-state index >= 15 is 0 Å². The predicted octanol–water partition coefficient (Wildman–Crippen LogP) is 1.71. The fourth-order valence-corrected chi connectivity index (χ4v) is 2.05. The van der Waals surface area contributed by atoms with Crippen LogP contribution in [-0.4, -0.2) is 31.1 Å². The van der Waals surface area contributed by atoms with Crippen molar-refractivity contribution >= 4 is 22.5 Å². The van der Waals surface area contributed by atoms with Gasteiger partial charge in [0.25, 0.3) is 0 Å². The molecule has 5 nitrogen and oxygen atoms in total. The molecule has 0 saturated heterocycles. The fourth-order valence-electron chi connectivity index (χ4n) is 2.05. The van der Waals surface area contributed by atoms with E-state index < -0.39 is 0 Å². The van der Waals surface area contributed by atoms with Crippen molar-refractivity contribution in [1.82, 2.24) is 10.3 Å². The summed E-state index contributed by atoms with van der Waals surface area (Å²) in [5, 5.41) is 6.63. The van der Waals surface area contributed by atoms with Gasteiger partial charge in [-0.2, -0.15) is 0 Å². The van der Waals surface area contributed by atoms with Crippen LogP contribution in [-0.2, 0) is 4.79 Å². The number of ether oxygens (including phenoxy) is 1. The number of anilines is 1. The van der Waals surface area contributed by atoms with E-state index in [4.69, 9.17) is 11.2 Å². The van der Waals surface area contributed by atoms with Gasteiger partial charge in [-0.25, -0.2) is 4.98 Å². The number of para-hydroxylation sites is 1. The number of rotatable bonds is 5. The van der Waals surface area contributed by atoms with Crippen LogP contribution in [0.2, 0.25) is 0 Å². The first-order valence-electron chi connectivity index (χ1n) is 6.54. The topological polar surface area (TPSA) is 63.2 Å². The first-order valence-corrected chi connectivity index (χ1v) is 6.54. The second-order valence-corrected chi connectivity index (χ2v) is 4.50. The summed E-state index contributed by atoms with van der Waals surface area (Å²) in [6.45, 7) is 2.28. The highest BCUT2D eigenvalue weighted by Crippen LogP contribution is 2.29. The molecule has 0 aliphatic rings. The number of amides is 1. The van der Waals surface area contributed by atoms with Crippen LogP contribution in [0, 0.1) is 19.3 Å². The Hall–Kier alpha value is -2.74. The van der Waals surface area contributed by atoms with Crippen molar-refractivity contribution < 1.29 is 9.53 Å². The number of aryl methyl sites for hydroxylation is 1. The number of nitrogens with zero attached hydrogens (tertiary/aromatic N) is 1. The van der Waals surface area contributed by atoms with Gasteiger partial charge in [0.1, 0.15) is 11.3 Å². The SMILES string of the molecule is C#CCNC(=O)CNc1cc(C)nc2c(OC)cccc12. The van der Waals surface area contributed by atoms with Gasteiger partial charge in [-0.05, 0) is 19.1 Å². The van der Waals surface area contributed by atoms with Crippen LogP contribution in [0.4, 0.5) is 5.69 Å². The van der Waals surface area contributed by atoms with E-state index in [1.54, 1.807) is 7.11 Å². The maximum atomic E-state index is 11.6. The third kappa shape index (κ3) is 3.42. The Balaban J connectivity index is 2.27. The Morgan fingerprint density at radius 1 is 1.48 bits per heavy atom. The molecular weight excluding hydrogens is 266 g/mol. The lowest BCUT2D eigenvalue weighted by molar-refractivity contribution is -0.119. The fraction of sp³-hybridized carbons (Fsp3) is 0.250. The Morgan fingerprint density at radius 3 is 3.00 bits per heavy atom. The molecule has 0 aliphatic carbocycles. The Kier molecular flexibility index (Phi) is 4.62. The molecular formula is C16H17N3O2. The highest BCUT2D eigenvalue weighted by Gasteiger charge is 2.09. The molecule has 108 valence electrons. The number of benzene rings is 1. The van der Waals surface area contributed by atoms with Gasteiger partial charge in [0.2, 0.25) is 5.91 Å². The molecule has 0 radical (unpaired) electrons. The molecule has 0 saturated carbocycles. The van der Waals surface area contributed by atoms with E-state index in [9.17, 15) is 4.79 Å². The summed E-state index contributed by atoms with van der Waals surface area (Å²) in [7, 11) is 1.61. The molecule has 0 spiro atoms. The summed E-state index contributed by atoms with van der Waals surface area (Å²) >= 11 is 0. The normalized spacial score (nSPS) is 9.95. The lowest BCUT2D eigenvalue weighted by Crippen LogP contribution is -2.30. The van der Waals surface area contributed by atoms with Crippen molar-refractivity contribution in [2.75, 3.05) is 25.5 Å². The molecule has 1 heterocycles. The number of carbonyl (C=O) groups is 1. The van der Waals surface area contributed by atoms with Crippen molar-refractivity contribution in [2.24, 2.45) is 0 Å². The average molecular weight is 283 g/mol. The van der Waals surface area contributed by atoms with E-state index in [1.807, 2.05) is 31.2 Å². The van der Waals surface area contributed by atoms with Crippen molar-refractivity contribution in [2.45, 2.75) is 6.92 Å². The Morgan fingerprint density at radius 2 is 2.29 bits per heavy atom. The summed E-state index contributed by atoms with van der Waals surface area (Å²) in [6.07, 6.45) is 5.10. The Labute approximate surface area is 123 Å². The molecule has 1 aromatic carbocycles. The van der Waals surface area contributed by atoms with Gasteiger partial charge >= 0.3 is 0 Å². The Bertz CT molecular complexity index is 704. The van der Waals surface area contributed by atoms with Gasteiger partial charge in [0.05, 0.1) is 20.2 Å². The molecule has 0 fully saturated rings. The van der Waals surface area contributed by atoms with Gasteiger partial charge in [-0.15, -0.1) is 6.42 Å². The molecule has 1 amide bonds. The highest BCUT2D eigenvalue weighted by atomic mass is 16.5. The minimum Gasteiger partial charge on any atom is -0.494 e. The minimum absolute atomic E-state index is 0.150. The molecule has 0 atom stereocenters. The first kappa shape index (κ1) is 14.7. The number of aromatic nitrogens is 1. The number of hydrogen-bond donors (Lipinski definition) is 2. The van der Waals surface area contributed by atoms with Crippen LogP contribution in [0.5, 0.6) is 5.75 Å². The largest absolute Gasteiger partial charge is 0.494 e. The number of pyridine rings is 1. The summed E-state index contributed by atoms with van der Waals surface area (Å²) < 4.78 is 5.32. The second-order valence-electron chi connectivity index (χ2n) is 4.50. The van der Waals surface area contributed by atoms with E-state index in [0.29, 0.717) is 5.75 Å². The number of fused-ring (bicyclic) bond motifs is 1. The van der Waals surface area contributed by atoms with Crippen molar-refractivity contribution in [3.05, 3.63) is 30.0 Å². The standard InChI is InChI=1S/C16H17N3O2/c1-4-8-17-15(20)10-18-13-9-11(2)19-16-12(13)6-5-7-14(16)21-3/h1,5-7,9H,8,10H2,2-3H3,(H,17,20)(H,18,19). The molecule has 5 heteroatoms. The average Bonchev–Trinajstić information content (AvgIpc) is 2.49. The first-order chi connectivity index (χ1) is 10.2. The number of nitrogens with one attached hydrogen (secondary N) is 2. The van der Waals surface area contributed by atoms with Crippen LogP contribution >= 0.6 is 0 Å². The lowest BCUT2D eigenvalue weighted by Gasteiger charge is -2.12. The number of methoxy groups -OCH3 is 1. The van der Waals surface area contributed by atoms with Crippen LogP contribution in [0.25, 0.3) is 10.9 Å². The third-order valence-corrected chi connectivity index (χ3v) is 2.98. The molecule has 0 aliphatic heterocycles. The van der Waals surface area contributed by atoms with Gasteiger partial charge < -0.3 is 15.4 Å². The molecule has 0 bridgehead atoms. The summed E-state index contributed by atoms with van der Waals surface area (Å²) in [4.78, 5) is 16.1. The third-order valence-electron chi connectivity index (χ3n) is 2.98. The molecule has 2 N–H and O–H groups in total. The number of carbonyl (C=O) groups excluding carboxylic acids is 1. The number of hydrogen-bond acceptors (Lipinski definition) is 4. The molecule has 1 aromatic heterocycles. The lowest BCUT2D eigenvalue weighted by atomic mass is 10.1. The van der Waals surface area contributed by atoms with E-state index in [1.165, 1.54) is 0 Å². The minimum atomic E-state index is -0.154. The van der Waals surface area contributed by atoms with E-state index in [0.717, 1.165) is 22.3 Å². The predicted molar refractivity (Wildman–Crippen MR) is 83.4 cm³/mol. The second kappa shape index (κ2) is 6.62. The molecule has 21 heavy (non-hydrogen) atoms. The molecule has 2 aromatic rings. The zero-order chi connectivity index (χ0) is 15.2. The van der Waals surface area contributed by atoms with Crippen LogP contribution < -0.4 is 15.4 Å². The zero-order valence-electron chi connectivity index (χ0n) is 12.1. The monoisotopic (exact) mass is 283 g/mol. The van der Waals surface area contributed by atoms with E-state index in [-0.39, 0.29) is 19.0 Å². The molecule has 2 rings (SSSR count). The summed E-state index contributed by atoms with van der Waals surface area (Å²) in [5.74, 6) is 2.91. The van der Waals surface area contributed by atoms with Crippen molar-refractivity contribution in [3.8, 4) is 18.1 Å². The number of terminal acetylenes is 1. The zero-order valence-corrected chi connectivity index (χ0v) is 12.1. The summed E-state index contributed by atoms with van der Waals surface area (Å²) in [5.41, 5.74) is 2.46. The van der Waals surface area contributed by atoms with Gasteiger partial charge in [0, 0.05) is 16.8 Å².